The highest BCUT2D eigenvalue weighted by molar-refractivity contribution is 5.77. The summed E-state index contributed by atoms with van der Waals surface area (Å²) < 4.78 is 11.4. The van der Waals surface area contributed by atoms with Crippen molar-refractivity contribution in [1.82, 2.24) is 0 Å². The number of esters is 1. The lowest BCUT2D eigenvalue weighted by Gasteiger charge is -2.46. The molecule has 3 heteroatoms. The first-order valence-electron chi connectivity index (χ1n) is 6.89. The minimum atomic E-state index is -0.0669. The SMILES string of the molecule is Cc1coc2c1[C@@H]1OC(=O)[C@H]3CCC[C@H](C2)[C@@]31C. The lowest BCUT2D eigenvalue weighted by Crippen LogP contribution is -2.44. The van der Waals surface area contributed by atoms with Gasteiger partial charge in [-0.25, -0.2) is 0 Å². The molecule has 0 amide bonds. The Hall–Kier alpha value is -1.25. The lowest BCUT2D eigenvalue weighted by atomic mass is 9.55. The van der Waals surface area contributed by atoms with E-state index in [1.165, 1.54) is 6.42 Å². The maximum atomic E-state index is 12.1. The number of aryl methyl sites for hydroxylation is 1. The molecule has 96 valence electrons. The van der Waals surface area contributed by atoms with Crippen LogP contribution in [0.15, 0.2) is 10.7 Å². The summed E-state index contributed by atoms with van der Waals surface area (Å²) in [6, 6.07) is 0. The van der Waals surface area contributed by atoms with Crippen molar-refractivity contribution >= 4 is 5.97 Å². The van der Waals surface area contributed by atoms with Gasteiger partial charge in [0.15, 0.2) is 0 Å². The van der Waals surface area contributed by atoms with E-state index in [0.717, 1.165) is 36.1 Å². The van der Waals surface area contributed by atoms with Gasteiger partial charge in [0.1, 0.15) is 11.9 Å². The summed E-state index contributed by atoms with van der Waals surface area (Å²) in [5, 5.41) is 0. The van der Waals surface area contributed by atoms with Gasteiger partial charge in [-0.15, -0.1) is 0 Å². The molecule has 0 radical (unpaired) electrons. The number of rotatable bonds is 0. The molecule has 2 heterocycles. The zero-order valence-electron chi connectivity index (χ0n) is 10.9. The zero-order chi connectivity index (χ0) is 12.5. The van der Waals surface area contributed by atoms with Gasteiger partial charge in [-0.05, 0) is 31.2 Å². The first kappa shape index (κ1) is 10.7. The topological polar surface area (TPSA) is 39.4 Å². The highest BCUT2D eigenvalue weighted by Crippen LogP contribution is 2.63. The van der Waals surface area contributed by atoms with E-state index in [1.807, 2.05) is 6.26 Å². The van der Waals surface area contributed by atoms with E-state index in [4.69, 9.17) is 9.15 Å². The monoisotopic (exact) mass is 246 g/mol. The van der Waals surface area contributed by atoms with Crippen LogP contribution in [0.3, 0.4) is 0 Å². The van der Waals surface area contributed by atoms with Crippen LogP contribution in [0, 0.1) is 24.2 Å². The van der Waals surface area contributed by atoms with Gasteiger partial charge >= 0.3 is 5.97 Å². The number of fused-ring (bicyclic) bond motifs is 2. The molecule has 0 unspecified atom stereocenters. The fourth-order valence-corrected chi connectivity index (χ4v) is 4.50. The second-order valence-corrected chi connectivity index (χ2v) is 6.32. The summed E-state index contributed by atoms with van der Waals surface area (Å²) in [5.41, 5.74) is 2.29. The van der Waals surface area contributed by atoms with Crippen LogP contribution in [0.1, 0.15) is 49.2 Å². The minimum Gasteiger partial charge on any atom is -0.469 e. The van der Waals surface area contributed by atoms with Crippen LogP contribution in [0.4, 0.5) is 0 Å². The smallest absolute Gasteiger partial charge is 0.310 e. The van der Waals surface area contributed by atoms with Crippen molar-refractivity contribution in [3.05, 3.63) is 23.2 Å². The molecule has 0 spiro atoms. The van der Waals surface area contributed by atoms with Gasteiger partial charge in [-0.2, -0.15) is 0 Å². The Labute approximate surface area is 106 Å². The van der Waals surface area contributed by atoms with Crippen molar-refractivity contribution in [3.63, 3.8) is 0 Å². The minimum absolute atomic E-state index is 0.00301. The molecule has 0 aromatic carbocycles. The Morgan fingerprint density at radius 1 is 1.39 bits per heavy atom. The molecule has 0 bridgehead atoms. The number of furan rings is 1. The van der Waals surface area contributed by atoms with Crippen molar-refractivity contribution < 1.29 is 13.9 Å². The Bertz CT molecular complexity index is 530. The molecule has 18 heavy (non-hydrogen) atoms. The predicted molar refractivity (Wildman–Crippen MR) is 64.9 cm³/mol. The quantitative estimate of drug-likeness (QED) is 0.660. The molecule has 1 saturated carbocycles. The molecule has 4 atom stereocenters. The van der Waals surface area contributed by atoms with Gasteiger partial charge in [-0.1, -0.05) is 13.3 Å². The first-order chi connectivity index (χ1) is 8.62. The first-order valence-corrected chi connectivity index (χ1v) is 6.89. The van der Waals surface area contributed by atoms with Gasteiger partial charge in [0.25, 0.3) is 0 Å². The van der Waals surface area contributed by atoms with E-state index in [1.54, 1.807) is 0 Å². The van der Waals surface area contributed by atoms with Crippen molar-refractivity contribution in [2.45, 2.75) is 45.6 Å². The van der Waals surface area contributed by atoms with Gasteiger partial charge in [0, 0.05) is 17.4 Å². The normalized spacial score (nSPS) is 41.2. The van der Waals surface area contributed by atoms with Gasteiger partial charge in [0.05, 0.1) is 12.2 Å². The molecular weight excluding hydrogens is 228 g/mol. The third-order valence-electron chi connectivity index (χ3n) is 5.56. The fraction of sp³-hybridized carbons (Fsp3) is 0.667. The molecule has 3 nitrogen and oxygen atoms in total. The van der Waals surface area contributed by atoms with E-state index in [9.17, 15) is 4.79 Å². The molecule has 1 aromatic heterocycles. The summed E-state index contributed by atoms with van der Waals surface area (Å²) in [4.78, 5) is 12.1. The van der Waals surface area contributed by atoms with Crippen LogP contribution >= 0.6 is 0 Å². The molecular formula is C15H18O3. The van der Waals surface area contributed by atoms with E-state index < -0.39 is 0 Å². The van der Waals surface area contributed by atoms with E-state index in [0.29, 0.717) is 5.92 Å². The van der Waals surface area contributed by atoms with Crippen LogP contribution < -0.4 is 0 Å². The van der Waals surface area contributed by atoms with Crippen molar-refractivity contribution in [1.29, 1.82) is 0 Å². The summed E-state index contributed by atoms with van der Waals surface area (Å²) in [6.07, 6.45) is 6.05. The van der Waals surface area contributed by atoms with E-state index >= 15 is 0 Å². The lowest BCUT2D eigenvalue weighted by molar-refractivity contribution is -0.144. The van der Waals surface area contributed by atoms with Crippen LogP contribution in [-0.4, -0.2) is 5.97 Å². The Balaban J connectivity index is 1.93. The zero-order valence-corrected chi connectivity index (χ0v) is 10.9. The van der Waals surface area contributed by atoms with Gasteiger partial charge < -0.3 is 9.15 Å². The third-order valence-corrected chi connectivity index (χ3v) is 5.56. The predicted octanol–water partition coefficient (Wildman–Crippen LogP) is 3.16. The highest BCUT2D eigenvalue weighted by Gasteiger charge is 2.62. The Kier molecular flexibility index (Phi) is 1.89. The number of carbonyl (C=O) groups excluding carboxylic acids is 1. The Morgan fingerprint density at radius 3 is 3.06 bits per heavy atom. The van der Waals surface area contributed by atoms with E-state index in [-0.39, 0.29) is 23.4 Å². The third kappa shape index (κ3) is 1.04. The van der Waals surface area contributed by atoms with Gasteiger partial charge in [-0.3, -0.25) is 4.79 Å². The molecule has 1 saturated heterocycles. The summed E-state index contributed by atoms with van der Waals surface area (Å²) in [5.74, 6) is 1.70. The average Bonchev–Trinajstić information content (AvgIpc) is 2.81. The maximum Gasteiger partial charge on any atom is 0.310 e. The fourth-order valence-electron chi connectivity index (χ4n) is 4.50. The molecule has 2 fully saturated rings. The number of ether oxygens (including phenoxy) is 1. The number of carbonyl (C=O) groups is 1. The standard InChI is InChI=1S/C15H18O3/c1-8-7-17-11-6-9-4-3-5-10-14(16)18-13(12(8)11)15(9,10)2/h7,9-10,13H,3-6H2,1-2H3/t9-,10-,13+,15+/m1/s1. The van der Waals surface area contributed by atoms with E-state index in [2.05, 4.69) is 13.8 Å². The molecule has 0 N–H and O–H groups in total. The average molecular weight is 246 g/mol. The molecule has 4 rings (SSSR count). The molecule has 1 aromatic rings. The van der Waals surface area contributed by atoms with Crippen molar-refractivity contribution in [2.75, 3.05) is 0 Å². The second kappa shape index (κ2) is 3.19. The summed E-state index contributed by atoms with van der Waals surface area (Å²) in [6.45, 7) is 4.31. The van der Waals surface area contributed by atoms with Crippen LogP contribution in [-0.2, 0) is 16.0 Å². The molecule has 3 aliphatic rings. The largest absolute Gasteiger partial charge is 0.469 e. The van der Waals surface area contributed by atoms with Crippen molar-refractivity contribution in [2.24, 2.45) is 17.3 Å². The number of hydrogen-bond acceptors (Lipinski definition) is 3. The summed E-state index contributed by atoms with van der Waals surface area (Å²) in [7, 11) is 0. The highest BCUT2D eigenvalue weighted by atomic mass is 16.6. The van der Waals surface area contributed by atoms with Crippen LogP contribution in [0.2, 0.25) is 0 Å². The van der Waals surface area contributed by atoms with Crippen molar-refractivity contribution in [3.8, 4) is 0 Å². The maximum absolute atomic E-state index is 12.1. The van der Waals surface area contributed by atoms with Gasteiger partial charge in [0.2, 0.25) is 0 Å². The van der Waals surface area contributed by atoms with Crippen LogP contribution in [0.25, 0.3) is 0 Å². The number of hydrogen-bond donors (Lipinski definition) is 0. The molecule has 2 aliphatic carbocycles. The second-order valence-electron chi connectivity index (χ2n) is 6.32. The Morgan fingerprint density at radius 2 is 2.22 bits per heavy atom. The summed E-state index contributed by atoms with van der Waals surface area (Å²) >= 11 is 0. The molecule has 1 aliphatic heterocycles. The van der Waals surface area contributed by atoms with Crippen LogP contribution in [0.5, 0.6) is 0 Å².